The average molecular weight is 466 g/mol. The first kappa shape index (κ1) is 18.7. The first-order chi connectivity index (χ1) is 14.4. The number of anilines is 1. The fourth-order valence-electron chi connectivity index (χ4n) is 3.74. The van der Waals surface area contributed by atoms with Crippen LogP contribution >= 0.6 is 15.9 Å². The number of aromatic nitrogens is 4. The molecule has 6 nitrogen and oxygen atoms in total. The molecule has 0 atom stereocenters. The van der Waals surface area contributed by atoms with Gasteiger partial charge in [0.25, 0.3) is 0 Å². The Hall–Kier alpha value is -3.26. The summed E-state index contributed by atoms with van der Waals surface area (Å²) in [5.41, 5.74) is 11.3. The van der Waals surface area contributed by atoms with Gasteiger partial charge in [0.1, 0.15) is 17.5 Å². The lowest BCUT2D eigenvalue weighted by atomic mass is 10.0. The van der Waals surface area contributed by atoms with Gasteiger partial charge in [0.15, 0.2) is 5.78 Å². The molecule has 0 saturated carbocycles. The molecule has 1 aliphatic rings. The Bertz CT molecular complexity index is 1370. The summed E-state index contributed by atoms with van der Waals surface area (Å²) >= 11 is 3.19. The zero-order valence-corrected chi connectivity index (χ0v) is 17.6. The number of H-pyrrole nitrogens is 1. The van der Waals surface area contributed by atoms with Crippen molar-refractivity contribution in [1.82, 2.24) is 19.7 Å². The summed E-state index contributed by atoms with van der Waals surface area (Å²) in [4.78, 5) is 20.8. The van der Waals surface area contributed by atoms with Gasteiger partial charge < -0.3 is 10.7 Å². The number of nitrogens with two attached hydrogens (primary N) is 1. The molecule has 0 aliphatic heterocycles. The summed E-state index contributed by atoms with van der Waals surface area (Å²) in [5.74, 6) is 0.618. The lowest BCUT2D eigenvalue weighted by Gasteiger charge is -2.06. The van der Waals surface area contributed by atoms with E-state index in [0.29, 0.717) is 22.0 Å². The van der Waals surface area contributed by atoms with Crippen LogP contribution < -0.4 is 5.73 Å². The number of allylic oxidation sites excluding steroid dienone is 1. The van der Waals surface area contributed by atoms with Gasteiger partial charge in [-0.25, -0.2) is 14.1 Å². The third-order valence-electron chi connectivity index (χ3n) is 5.33. The highest BCUT2D eigenvalue weighted by molar-refractivity contribution is 9.10. The van der Waals surface area contributed by atoms with Crippen LogP contribution in [0.3, 0.4) is 0 Å². The number of halogens is 2. The molecule has 0 bridgehead atoms. The van der Waals surface area contributed by atoms with Crippen LogP contribution in [0.5, 0.6) is 0 Å². The summed E-state index contributed by atoms with van der Waals surface area (Å²) in [6, 6.07) is 8.80. The topological polar surface area (TPSA) is 89.6 Å². The SMILES string of the molecule is CCc1nc2ccc(-n3ncc(C(=O)C4=Cc5cc(Br)c(F)cc5C4)c3N)cc2[nH]1. The van der Waals surface area contributed by atoms with Gasteiger partial charge in [0.2, 0.25) is 0 Å². The number of Topliss-reactive ketones (excluding diaryl/α,β-unsaturated/α-hetero) is 1. The van der Waals surface area contributed by atoms with Gasteiger partial charge in [0.05, 0.1) is 33.0 Å². The Labute approximate surface area is 179 Å². The Morgan fingerprint density at radius 1 is 1.33 bits per heavy atom. The van der Waals surface area contributed by atoms with Gasteiger partial charge in [-0.15, -0.1) is 0 Å². The summed E-state index contributed by atoms with van der Waals surface area (Å²) < 4.78 is 15.7. The summed E-state index contributed by atoms with van der Waals surface area (Å²) in [6.45, 7) is 2.03. The second-order valence-electron chi connectivity index (χ2n) is 7.23. The maximum atomic E-state index is 13.8. The van der Waals surface area contributed by atoms with Crippen LogP contribution in [-0.2, 0) is 12.8 Å². The Morgan fingerprint density at radius 2 is 2.17 bits per heavy atom. The first-order valence-corrected chi connectivity index (χ1v) is 10.3. The van der Waals surface area contributed by atoms with Crippen molar-refractivity contribution in [1.29, 1.82) is 0 Å². The molecule has 0 unspecified atom stereocenters. The number of imidazole rings is 1. The zero-order chi connectivity index (χ0) is 21.0. The number of nitrogens with one attached hydrogen (secondary N) is 1. The predicted molar refractivity (Wildman–Crippen MR) is 117 cm³/mol. The second kappa shape index (κ2) is 6.91. The number of hydrogen-bond donors (Lipinski definition) is 2. The molecular weight excluding hydrogens is 449 g/mol. The highest BCUT2D eigenvalue weighted by atomic mass is 79.9. The van der Waals surface area contributed by atoms with Crippen LogP contribution in [-0.4, -0.2) is 25.5 Å². The van der Waals surface area contributed by atoms with Crippen LogP contribution in [0, 0.1) is 5.82 Å². The molecule has 4 aromatic rings. The minimum atomic E-state index is -0.344. The normalized spacial score (nSPS) is 13.0. The zero-order valence-electron chi connectivity index (χ0n) is 16.0. The van der Waals surface area contributed by atoms with Gasteiger partial charge >= 0.3 is 0 Å². The number of nitrogen functional groups attached to an aromatic ring is 1. The maximum absolute atomic E-state index is 13.8. The van der Waals surface area contributed by atoms with E-state index in [-0.39, 0.29) is 17.4 Å². The number of hydrogen-bond acceptors (Lipinski definition) is 4. The minimum absolute atomic E-state index is 0.206. The molecule has 0 fully saturated rings. The third-order valence-corrected chi connectivity index (χ3v) is 5.94. The summed E-state index contributed by atoms with van der Waals surface area (Å²) in [5, 5.41) is 4.33. The molecule has 1 aliphatic carbocycles. The number of benzene rings is 2. The number of carbonyl (C=O) groups is 1. The lowest BCUT2D eigenvalue weighted by Crippen LogP contribution is -2.08. The quantitative estimate of drug-likeness (QED) is 0.430. The number of aromatic amines is 1. The van der Waals surface area contributed by atoms with E-state index in [9.17, 15) is 9.18 Å². The van der Waals surface area contributed by atoms with Crippen LogP contribution in [0.4, 0.5) is 10.2 Å². The molecule has 3 N–H and O–H groups in total. The molecule has 0 spiro atoms. The Balaban J connectivity index is 1.48. The number of aryl methyl sites for hydroxylation is 1. The molecule has 2 aromatic heterocycles. The summed E-state index contributed by atoms with van der Waals surface area (Å²) in [7, 11) is 0. The Kier molecular flexibility index (Phi) is 4.32. The van der Waals surface area contributed by atoms with Crippen LogP contribution in [0.25, 0.3) is 22.8 Å². The molecule has 150 valence electrons. The molecule has 8 heteroatoms. The minimum Gasteiger partial charge on any atom is -0.383 e. The van der Waals surface area contributed by atoms with E-state index in [1.54, 1.807) is 12.1 Å². The number of fused-ring (bicyclic) bond motifs is 2. The van der Waals surface area contributed by atoms with Crippen molar-refractivity contribution < 1.29 is 9.18 Å². The van der Waals surface area contributed by atoms with Gasteiger partial charge in [-0.1, -0.05) is 6.92 Å². The molecule has 2 aromatic carbocycles. The van der Waals surface area contributed by atoms with Crippen molar-refractivity contribution >= 4 is 44.6 Å². The predicted octanol–water partition coefficient (Wildman–Crippen LogP) is 4.62. The number of nitrogens with zero attached hydrogens (tertiary/aromatic N) is 3. The molecule has 30 heavy (non-hydrogen) atoms. The van der Waals surface area contributed by atoms with Crippen molar-refractivity contribution in [3.63, 3.8) is 0 Å². The van der Waals surface area contributed by atoms with Crippen molar-refractivity contribution in [3.05, 3.63) is 74.9 Å². The standard InChI is InChI=1S/C22H17BrFN5O/c1-2-20-27-18-4-3-14(9-19(18)28-20)29-22(25)15(10-26-29)21(30)13-5-11-7-16(23)17(24)8-12(11)6-13/h3-5,7-10H,2,6,25H2,1H3,(H,27,28). The van der Waals surface area contributed by atoms with Crippen molar-refractivity contribution in [2.24, 2.45) is 0 Å². The fraction of sp³-hybridized carbons (Fsp3) is 0.136. The van der Waals surface area contributed by atoms with Gasteiger partial charge in [0, 0.05) is 18.4 Å². The molecule has 2 heterocycles. The maximum Gasteiger partial charge on any atom is 0.194 e. The molecule has 0 amide bonds. The smallest absolute Gasteiger partial charge is 0.194 e. The number of carbonyl (C=O) groups excluding carboxylic acids is 1. The van der Waals surface area contributed by atoms with Crippen molar-refractivity contribution in [2.45, 2.75) is 19.8 Å². The van der Waals surface area contributed by atoms with Crippen LogP contribution in [0.15, 0.2) is 46.6 Å². The average Bonchev–Trinajstić information content (AvgIpc) is 3.43. The highest BCUT2D eigenvalue weighted by Crippen LogP contribution is 2.32. The largest absolute Gasteiger partial charge is 0.383 e. The molecule has 0 saturated heterocycles. The number of ketones is 1. The molecule has 0 radical (unpaired) electrons. The monoisotopic (exact) mass is 465 g/mol. The first-order valence-electron chi connectivity index (χ1n) is 9.50. The van der Waals surface area contributed by atoms with E-state index >= 15 is 0 Å². The number of rotatable bonds is 4. The van der Waals surface area contributed by atoms with Crippen LogP contribution in [0.1, 0.15) is 34.2 Å². The van der Waals surface area contributed by atoms with Crippen LogP contribution in [0.2, 0.25) is 0 Å². The molecule has 5 rings (SSSR count). The van der Waals surface area contributed by atoms with E-state index in [4.69, 9.17) is 5.73 Å². The fourth-order valence-corrected chi connectivity index (χ4v) is 4.10. The van der Waals surface area contributed by atoms with Gasteiger partial charge in [-0.2, -0.15) is 5.10 Å². The van der Waals surface area contributed by atoms with E-state index < -0.39 is 0 Å². The summed E-state index contributed by atoms with van der Waals surface area (Å²) in [6.07, 6.45) is 4.43. The lowest BCUT2D eigenvalue weighted by molar-refractivity contribution is 0.103. The Morgan fingerprint density at radius 3 is 2.97 bits per heavy atom. The van der Waals surface area contributed by atoms with E-state index in [0.717, 1.165) is 40.1 Å². The van der Waals surface area contributed by atoms with Crippen molar-refractivity contribution in [3.8, 4) is 5.69 Å². The van der Waals surface area contributed by atoms with Gasteiger partial charge in [-0.05, 0) is 63.5 Å². The van der Waals surface area contributed by atoms with Crippen molar-refractivity contribution in [2.75, 3.05) is 5.73 Å². The van der Waals surface area contributed by atoms with Gasteiger partial charge in [-0.3, -0.25) is 4.79 Å². The van der Waals surface area contributed by atoms with E-state index in [2.05, 4.69) is 31.0 Å². The highest BCUT2D eigenvalue weighted by Gasteiger charge is 2.25. The second-order valence-corrected chi connectivity index (χ2v) is 8.09. The van der Waals surface area contributed by atoms with E-state index in [1.165, 1.54) is 16.9 Å². The van der Waals surface area contributed by atoms with E-state index in [1.807, 2.05) is 25.1 Å². The third kappa shape index (κ3) is 2.95. The molecular formula is C22H17BrFN5O.